The monoisotopic (exact) mass is 538 g/mol. The van der Waals surface area contributed by atoms with Crippen LogP contribution in [0, 0.1) is 0 Å². The maximum atomic E-state index is 13.5. The normalized spacial score (nSPS) is 16.0. The molecule has 1 aromatic carbocycles. The molecule has 11 nitrogen and oxygen atoms in total. The SMILES string of the molecule is C[C@H]1CN(c2ccc(C(F)(F)F)c(COS(C)(=O)=O)c2)C(=O)c2c(NC(=O)c3cccnc3N)cnn21. The topological polar surface area (TPSA) is 150 Å². The van der Waals surface area contributed by atoms with Crippen molar-refractivity contribution in [2.45, 2.75) is 25.7 Å². The summed E-state index contributed by atoms with van der Waals surface area (Å²) < 4.78 is 69.3. The molecule has 0 spiro atoms. The summed E-state index contributed by atoms with van der Waals surface area (Å²) >= 11 is 0. The van der Waals surface area contributed by atoms with Crippen molar-refractivity contribution >= 4 is 39.1 Å². The molecule has 0 fully saturated rings. The highest BCUT2D eigenvalue weighted by atomic mass is 32.2. The minimum Gasteiger partial charge on any atom is -0.383 e. The molecule has 0 radical (unpaired) electrons. The van der Waals surface area contributed by atoms with Gasteiger partial charge in [0, 0.05) is 18.4 Å². The predicted octanol–water partition coefficient (Wildman–Crippen LogP) is 2.83. The van der Waals surface area contributed by atoms with Gasteiger partial charge < -0.3 is 16.0 Å². The summed E-state index contributed by atoms with van der Waals surface area (Å²) in [6, 6.07) is 5.47. The third kappa shape index (κ3) is 5.41. The van der Waals surface area contributed by atoms with E-state index in [-0.39, 0.29) is 35.0 Å². The lowest BCUT2D eigenvalue weighted by Gasteiger charge is -2.32. The van der Waals surface area contributed by atoms with Crippen molar-refractivity contribution in [3.63, 3.8) is 0 Å². The number of pyridine rings is 1. The third-order valence-corrected chi connectivity index (χ3v) is 6.12. The van der Waals surface area contributed by atoms with E-state index in [9.17, 15) is 31.2 Å². The Labute approximate surface area is 209 Å². The van der Waals surface area contributed by atoms with Gasteiger partial charge in [-0.2, -0.15) is 26.7 Å². The second kappa shape index (κ2) is 9.48. The van der Waals surface area contributed by atoms with E-state index in [4.69, 9.17) is 5.73 Å². The van der Waals surface area contributed by atoms with Gasteiger partial charge in [0.2, 0.25) is 0 Å². The van der Waals surface area contributed by atoms with Crippen LogP contribution in [0.15, 0.2) is 42.7 Å². The van der Waals surface area contributed by atoms with E-state index in [1.54, 1.807) is 6.92 Å². The molecule has 0 saturated heterocycles. The summed E-state index contributed by atoms with van der Waals surface area (Å²) in [7, 11) is -4.03. The number of nitrogen functional groups attached to an aromatic ring is 1. The van der Waals surface area contributed by atoms with Crippen molar-refractivity contribution in [1.29, 1.82) is 0 Å². The van der Waals surface area contributed by atoms with Gasteiger partial charge in [0.15, 0.2) is 5.69 Å². The van der Waals surface area contributed by atoms with Crippen LogP contribution < -0.4 is 16.0 Å². The summed E-state index contributed by atoms with van der Waals surface area (Å²) in [6.07, 6.45) is -1.36. The maximum Gasteiger partial charge on any atom is 0.416 e. The predicted molar refractivity (Wildman–Crippen MR) is 126 cm³/mol. The lowest BCUT2D eigenvalue weighted by atomic mass is 10.0. The number of nitrogens with one attached hydrogen (secondary N) is 1. The fraction of sp³-hybridized carbons (Fsp3) is 0.273. The van der Waals surface area contributed by atoms with E-state index in [0.717, 1.165) is 24.5 Å². The van der Waals surface area contributed by atoms with Gasteiger partial charge in [0.1, 0.15) is 5.82 Å². The number of carbonyl (C=O) groups is 2. The molecule has 196 valence electrons. The van der Waals surface area contributed by atoms with E-state index in [0.29, 0.717) is 0 Å². The lowest BCUT2D eigenvalue weighted by Crippen LogP contribution is -2.43. The fourth-order valence-electron chi connectivity index (χ4n) is 3.89. The first-order valence-electron chi connectivity index (χ1n) is 10.7. The summed E-state index contributed by atoms with van der Waals surface area (Å²) in [5.41, 5.74) is 4.43. The Hall–Kier alpha value is -3.98. The summed E-state index contributed by atoms with van der Waals surface area (Å²) in [5, 5.41) is 6.76. The number of aromatic nitrogens is 3. The molecule has 3 N–H and O–H groups in total. The average molecular weight is 539 g/mol. The molecule has 3 aromatic rings. The Kier molecular flexibility index (Phi) is 6.68. The van der Waals surface area contributed by atoms with Gasteiger partial charge in [-0.05, 0) is 42.8 Å². The van der Waals surface area contributed by atoms with Gasteiger partial charge in [0.05, 0.1) is 41.9 Å². The van der Waals surface area contributed by atoms with E-state index in [1.807, 2.05) is 0 Å². The van der Waals surface area contributed by atoms with E-state index >= 15 is 0 Å². The number of alkyl halides is 3. The molecule has 37 heavy (non-hydrogen) atoms. The number of halogens is 3. The number of benzene rings is 1. The Bertz CT molecular complexity index is 1490. The number of anilines is 3. The fourth-order valence-corrected chi connectivity index (χ4v) is 4.23. The van der Waals surface area contributed by atoms with Crippen molar-refractivity contribution in [3.05, 3.63) is 65.1 Å². The second-order valence-electron chi connectivity index (χ2n) is 8.31. The number of nitrogens with zero attached hydrogens (tertiary/aromatic N) is 4. The third-order valence-electron chi connectivity index (χ3n) is 5.57. The maximum absolute atomic E-state index is 13.5. The number of hydrogen-bond acceptors (Lipinski definition) is 8. The standard InChI is InChI=1S/C22H21F3N6O5S/c1-12-10-30(14-5-6-16(22(23,24)25)13(8-14)11-36-37(2,34)35)21(33)18-17(9-28-31(12)18)29-20(32)15-4-3-7-27-19(15)26/h3-9,12H,10-11H2,1-2H3,(H2,26,27)(H,29,32)/t12-/m0/s1. The summed E-state index contributed by atoms with van der Waals surface area (Å²) in [5.74, 6) is -1.29. The zero-order chi connectivity index (χ0) is 27.1. The van der Waals surface area contributed by atoms with E-state index in [1.165, 1.54) is 34.1 Å². The van der Waals surface area contributed by atoms with Gasteiger partial charge >= 0.3 is 6.18 Å². The van der Waals surface area contributed by atoms with Gasteiger partial charge in [-0.25, -0.2) is 4.98 Å². The highest BCUT2D eigenvalue weighted by Crippen LogP contribution is 2.36. The van der Waals surface area contributed by atoms with Crippen LogP contribution in [0.25, 0.3) is 0 Å². The van der Waals surface area contributed by atoms with Crippen LogP contribution in [0.4, 0.5) is 30.4 Å². The van der Waals surface area contributed by atoms with Crippen molar-refractivity contribution in [2.75, 3.05) is 28.8 Å². The smallest absolute Gasteiger partial charge is 0.383 e. The van der Waals surface area contributed by atoms with E-state index < -0.39 is 51.9 Å². The number of fused-ring (bicyclic) bond motifs is 1. The zero-order valence-corrected chi connectivity index (χ0v) is 20.3. The van der Waals surface area contributed by atoms with Crippen molar-refractivity contribution in [3.8, 4) is 0 Å². The molecule has 0 aliphatic carbocycles. The van der Waals surface area contributed by atoms with Crippen LogP contribution in [-0.4, -0.2) is 47.8 Å². The van der Waals surface area contributed by atoms with Crippen LogP contribution in [-0.2, 0) is 27.1 Å². The summed E-state index contributed by atoms with van der Waals surface area (Å²) in [6.45, 7) is 0.914. The Morgan fingerprint density at radius 1 is 1.30 bits per heavy atom. The Balaban J connectivity index is 1.69. The first kappa shape index (κ1) is 26.1. The van der Waals surface area contributed by atoms with Gasteiger partial charge in [-0.15, -0.1) is 0 Å². The van der Waals surface area contributed by atoms with Gasteiger partial charge in [-0.1, -0.05) is 0 Å². The van der Waals surface area contributed by atoms with Gasteiger partial charge in [-0.3, -0.25) is 18.5 Å². The first-order chi connectivity index (χ1) is 17.3. The van der Waals surface area contributed by atoms with Crippen LogP contribution in [0.2, 0.25) is 0 Å². The minimum absolute atomic E-state index is 0.00314. The quantitative estimate of drug-likeness (QED) is 0.455. The molecule has 2 aromatic heterocycles. The largest absolute Gasteiger partial charge is 0.416 e. The molecule has 1 aliphatic rings. The Morgan fingerprint density at radius 3 is 2.68 bits per heavy atom. The van der Waals surface area contributed by atoms with Crippen LogP contribution >= 0.6 is 0 Å². The highest BCUT2D eigenvalue weighted by Gasteiger charge is 2.37. The van der Waals surface area contributed by atoms with Crippen LogP contribution in [0.1, 0.15) is 44.9 Å². The highest BCUT2D eigenvalue weighted by molar-refractivity contribution is 7.85. The summed E-state index contributed by atoms with van der Waals surface area (Å²) in [4.78, 5) is 31.3. The molecule has 3 heterocycles. The molecule has 4 rings (SSSR count). The zero-order valence-electron chi connectivity index (χ0n) is 19.5. The molecule has 15 heteroatoms. The molecule has 0 unspecified atom stereocenters. The molecule has 0 bridgehead atoms. The molecular formula is C22H21F3N6O5S. The molecular weight excluding hydrogens is 517 g/mol. The van der Waals surface area contributed by atoms with Crippen LogP contribution in [0.3, 0.4) is 0 Å². The molecule has 0 saturated carbocycles. The number of rotatable bonds is 6. The van der Waals surface area contributed by atoms with Crippen molar-refractivity contribution < 1.29 is 35.4 Å². The molecule has 2 amide bonds. The van der Waals surface area contributed by atoms with Crippen LogP contribution in [0.5, 0.6) is 0 Å². The number of carbonyl (C=O) groups excluding carboxylic acids is 2. The van der Waals surface area contributed by atoms with Crippen molar-refractivity contribution in [2.24, 2.45) is 0 Å². The average Bonchev–Trinajstić information content (AvgIpc) is 3.23. The van der Waals surface area contributed by atoms with Gasteiger partial charge in [0.25, 0.3) is 21.9 Å². The van der Waals surface area contributed by atoms with E-state index in [2.05, 4.69) is 19.6 Å². The number of amides is 2. The Morgan fingerprint density at radius 2 is 2.03 bits per heavy atom. The molecule has 1 aliphatic heterocycles. The minimum atomic E-state index is -4.78. The molecule has 1 atom stereocenters. The van der Waals surface area contributed by atoms with Crippen molar-refractivity contribution in [1.82, 2.24) is 14.8 Å². The lowest BCUT2D eigenvalue weighted by molar-refractivity contribution is -0.138. The first-order valence-corrected chi connectivity index (χ1v) is 12.5. The number of nitrogens with two attached hydrogens (primary N) is 1. The number of hydrogen-bond donors (Lipinski definition) is 2. The second-order valence-corrected chi connectivity index (χ2v) is 9.96.